The summed E-state index contributed by atoms with van der Waals surface area (Å²) in [5.74, 6) is 0.370. The van der Waals surface area contributed by atoms with Crippen LogP contribution in [0.4, 0.5) is 4.79 Å². The number of hydrogen-bond acceptors (Lipinski definition) is 3. The number of amides is 2. The lowest BCUT2D eigenvalue weighted by atomic mass is 9.98. The molecule has 110 valence electrons. The van der Waals surface area contributed by atoms with E-state index in [2.05, 4.69) is 10.6 Å². The molecular formula is C14H26N2O3. The number of ether oxygens (including phenoxy) is 1. The van der Waals surface area contributed by atoms with E-state index in [0.29, 0.717) is 12.3 Å². The largest absolute Gasteiger partial charge is 0.444 e. The molecule has 5 nitrogen and oxygen atoms in total. The number of alkyl carbamates (subject to hydrolysis) is 1. The van der Waals surface area contributed by atoms with E-state index in [4.69, 9.17) is 4.74 Å². The normalized spacial score (nSPS) is 17.9. The summed E-state index contributed by atoms with van der Waals surface area (Å²) in [5.41, 5.74) is -0.551. The van der Waals surface area contributed by atoms with Gasteiger partial charge in [0.1, 0.15) is 11.6 Å². The van der Waals surface area contributed by atoms with Crippen molar-refractivity contribution in [2.75, 3.05) is 7.05 Å². The van der Waals surface area contributed by atoms with Crippen molar-refractivity contribution in [1.82, 2.24) is 10.6 Å². The lowest BCUT2D eigenvalue weighted by Gasteiger charge is -2.24. The fourth-order valence-corrected chi connectivity index (χ4v) is 2.43. The Bertz CT molecular complexity index is 317. The minimum absolute atomic E-state index is 0.155. The standard InChI is InChI=1S/C14H26N2O3/c1-14(2,3)19-13(18)16-11(12(17)15-4)9-10-7-5-6-8-10/h10-11H,5-9H2,1-4H3,(H,15,17)(H,16,18)/t11-/m0/s1. The first kappa shape index (κ1) is 15.8. The molecule has 0 aromatic heterocycles. The number of likely N-dealkylation sites (N-methyl/N-ethyl adjacent to an activating group) is 1. The van der Waals surface area contributed by atoms with Gasteiger partial charge in [-0.25, -0.2) is 4.79 Å². The summed E-state index contributed by atoms with van der Waals surface area (Å²) >= 11 is 0. The van der Waals surface area contributed by atoms with Crippen molar-refractivity contribution in [1.29, 1.82) is 0 Å². The highest BCUT2D eigenvalue weighted by Gasteiger charge is 2.27. The van der Waals surface area contributed by atoms with Crippen molar-refractivity contribution in [3.63, 3.8) is 0 Å². The van der Waals surface area contributed by atoms with Gasteiger partial charge in [-0.05, 0) is 33.1 Å². The SMILES string of the molecule is CNC(=O)[C@H](CC1CCCC1)NC(=O)OC(C)(C)C. The fraction of sp³-hybridized carbons (Fsp3) is 0.857. The van der Waals surface area contributed by atoms with E-state index in [0.717, 1.165) is 12.8 Å². The van der Waals surface area contributed by atoms with Gasteiger partial charge >= 0.3 is 6.09 Å². The summed E-state index contributed by atoms with van der Waals surface area (Å²) in [6.07, 6.45) is 4.89. The van der Waals surface area contributed by atoms with Crippen molar-refractivity contribution in [2.45, 2.75) is 64.5 Å². The van der Waals surface area contributed by atoms with Crippen LogP contribution in [0.2, 0.25) is 0 Å². The van der Waals surface area contributed by atoms with Gasteiger partial charge in [-0.2, -0.15) is 0 Å². The molecular weight excluding hydrogens is 244 g/mol. The predicted molar refractivity (Wildman–Crippen MR) is 73.8 cm³/mol. The van der Waals surface area contributed by atoms with Crippen LogP contribution in [0.1, 0.15) is 52.9 Å². The maximum absolute atomic E-state index is 11.8. The van der Waals surface area contributed by atoms with Crippen LogP contribution in [0.25, 0.3) is 0 Å². The number of carbonyl (C=O) groups excluding carboxylic acids is 2. The summed E-state index contributed by atoms with van der Waals surface area (Å²) in [6, 6.07) is -0.497. The second-order valence-corrected chi connectivity index (χ2v) is 6.20. The van der Waals surface area contributed by atoms with Crippen LogP contribution in [0.3, 0.4) is 0 Å². The Morgan fingerprint density at radius 3 is 2.32 bits per heavy atom. The third-order valence-electron chi connectivity index (χ3n) is 3.30. The number of nitrogens with one attached hydrogen (secondary N) is 2. The average molecular weight is 270 g/mol. The van der Waals surface area contributed by atoms with Crippen molar-refractivity contribution in [3.8, 4) is 0 Å². The maximum atomic E-state index is 11.8. The molecule has 0 aliphatic heterocycles. The van der Waals surface area contributed by atoms with Crippen molar-refractivity contribution < 1.29 is 14.3 Å². The first-order chi connectivity index (χ1) is 8.81. The lowest BCUT2D eigenvalue weighted by Crippen LogP contribution is -2.48. The minimum Gasteiger partial charge on any atom is -0.444 e. The molecule has 0 radical (unpaired) electrons. The van der Waals surface area contributed by atoms with Crippen LogP contribution in [-0.4, -0.2) is 30.7 Å². The molecule has 1 aliphatic rings. The molecule has 5 heteroatoms. The molecule has 19 heavy (non-hydrogen) atoms. The molecule has 0 bridgehead atoms. The molecule has 0 spiro atoms. The summed E-state index contributed by atoms with van der Waals surface area (Å²) in [4.78, 5) is 23.6. The van der Waals surface area contributed by atoms with Crippen LogP contribution in [0.5, 0.6) is 0 Å². The number of carbonyl (C=O) groups is 2. The van der Waals surface area contributed by atoms with Gasteiger partial charge < -0.3 is 15.4 Å². The van der Waals surface area contributed by atoms with Crippen molar-refractivity contribution in [3.05, 3.63) is 0 Å². The molecule has 1 rings (SSSR count). The Hall–Kier alpha value is -1.26. The second kappa shape index (κ2) is 6.78. The summed E-state index contributed by atoms with van der Waals surface area (Å²) < 4.78 is 5.20. The van der Waals surface area contributed by atoms with E-state index in [9.17, 15) is 9.59 Å². The van der Waals surface area contributed by atoms with Gasteiger partial charge in [0.15, 0.2) is 0 Å². The Morgan fingerprint density at radius 1 is 1.26 bits per heavy atom. The zero-order valence-electron chi connectivity index (χ0n) is 12.4. The third kappa shape index (κ3) is 5.94. The molecule has 0 heterocycles. The van der Waals surface area contributed by atoms with Crippen LogP contribution in [0, 0.1) is 5.92 Å². The Labute approximate surface area is 115 Å². The Balaban J connectivity index is 2.53. The molecule has 2 N–H and O–H groups in total. The van der Waals surface area contributed by atoms with E-state index < -0.39 is 17.7 Å². The maximum Gasteiger partial charge on any atom is 0.408 e. The quantitative estimate of drug-likeness (QED) is 0.823. The first-order valence-electron chi connectivity index (χ1n) is 7.03. The monoisotopic (exact) mass is 270 g/mol. The molecule has 1 atom stereocenters. The third-order valence-corrected chi connectivity index (χ3v) is 3.30. The molecule has 0 unspecified atom stereocenters. The van der Waals surface area contributed by atoms with E-state index in [1.807, 2.05) is 0 Å². The summed E-state index contributed by atoms with van der Waals surface area (Å²) in [5, 5.41) is 5.28. The van der Waals surface area contributed by atoms with Crippen LogP contribution >= 0.6 is 0 Å². The van der Waals surface area contributed by atoms with E-state index in [-0.39, 0.29) is 5.91 Å². The first-order valence-corrected chi connectivity index (χ1v) is 7.03. The van der Waals surface area contributed by atoms with Gasteiger partial charge in [0, 0.05) is 7.05 Å². The van der Waals surface area contributed by atoms with E-state index >= 15 is 0 Å². The van der Waals surface area contributed by atoms with Crippen LogP contribution < -0.4 is 10.6 Å². The minimum atomic E-state index is -0.551. The van der Waals surface area contributed by atoms with E-state index in [1.165, 1.54) is 12.8 Å². The van der Waals surface area contributed by atoms with E-state index in [1.54, 1.807) is 27.8 Å². The second-order valence-electron chi connectivity index (χ2n) is 6.20. The highest BCUT2D eigenvalue weighted by atomic mass is 16.6. The average Bonchev–Trinajstić information content (AvgIpc) is 2.77. The number of hydrogen-bond donors (Lipinski definition) is 2. The molecule has 0 saturated heterocycles. The van der Waals surface area contributed by atoms with Crippen LogP contribution in [-0.2, 0) is 9.53 Å². The van der Waals surface area contributed by atoms with Crippen molar-refractivity contribution in [2.24, 2.45) is 5.92 Å². The van der Waals surface area contributed by atoms with Crippen molar-refractivity contribution >= 4 is 12.0 Å². The topological polar surface area (TPSA) is 67.4 Å². The molecule has 1 aliphatic carbocycles. The molecule has 1 fully saturated rings. The van der Waals surface area contributed by atoms with Gasteiger partial charge in [0.25, 0.3) is 0 Å². The smallest absolute Gasteiger partial charge is 0.408 e. The summed E-state index contributed by atoms with van der Waals surface area (Å²) in [7, 11) is 1.58. The van der Waals surface area contributed by atoms with Gasteiger partial charge in [-0.15, -0.1) is 0 Å². The zero-order valence-corrected chi connectivity index (χ0v) is 12.4. The molecule has 1 saturated carbocycles. The van der Waals surface area contributed by atoms with Crippen LogP contribution in [0.15, 0.2) is 0 Å². The molecule has 0 aromatic rings. The summed E-state index contributed by atoms with van der Waals surface area (Å²) in [6.45, 7) is 5.41. The van der Waals surface area contributed by atoms with Gasteiger partial charge in [-0.3, -0.25) is 4.79 Å². The zero-order chi connectivity index (χ0) is 14.5. The Kier molecular flexibility index (Phi) is 5.63. The highest BCUT2D eigenvalue weighted by molar-refractivity contribution is 5.85. The fourth-order valence-electron chi connectivity index (χ4n) is 2.43. The molecule has 0 aromatic carbocycles. The van der Waals surface area contributed by atoms with Gasteiger partial charge in [0.2, 0.25) is 5.91 Å². The molecule has 2 amide bonds. The lowest BCUT2D eigenvalue weighted by molar-refractivity contribution is -0.123. The highest BCUT2D eigenvalue weighted by Crippen LogP contribution is 2.28. The van der Waals surface area contributed by atoms with Gasteiger partial charge in [-0.1, -0.05) is 25.7 Å². The predicted octanol–water partition coefficient (Wildman–Crippen LogP) is 2.21. The number of rotatable bonds is 4. The van der Waals surface area contributed by atoms with Gasteiger partial charge in [0.05, 0.1) is 0 Å². The Morgan fingerprint density at radius 2 is 1.84 bits per heavy atom.